The second-order valence-electron chi connectivity index (χ2n) is 13.6. The van der Waals surface area contributed by atoms with Crippen molar-refractivity contribution >= 4 is 66.8 Å². The summed E-state index contributed by atoms with van der Waals surface area (Å²) in [6.45, 7) is 17.9. The molecule has 0 amide bonds. The van der Waals surface area contributed by atoms with Crippen LogP contribution in [0.3, 0.4) is 0 Å². The highest BCUT2D eigenvalue weighted by Crippen LogP contribution is 2.45. The number of fused-ring (bicyclic) bond motifs is 11. The van der Waals surface area contributed by atoms with E-state index in [1.54, 1.807) is 0 Å². The highest BCUT2D eigenvalue weighted by Gasteiger charge is 2.48. The number of hydrogen-bond acceptors (Lipinski definition) is 2. The van der Waals surface area contributed by atoms with E-state index in [9.17, 15) is 0 Å². The molecule has 0 saturated carbocycles. The predicted molar refractivity (Wildman–Crippen MR) is 184 cm³/mol. The molecular formula is C39H37BN2O. The largest absolute Gasteiger partial charge is 0.457 e. The summed E-state index contributed by atoms with van der Waals surface area (Å²) in [5, 5.41) is 5.00. The van der Waals surface area contributed by atoms with Gasteiger partial charge in [-0.1, -0.05) is 109 Å². The average molecular weight is 561 g/mol. The highest BCUT2D eigenvalue weighted by atomic mass is 16.3. The highest BCUT2D eigenvalue weighted by molar-refractivity contribution is 7.00. The van der Waals surface area contributed by atoms with Crippen LogP contribution in [0, 0.1) is 6.92 Å². The van der Waals surface area contributed by atoms with Crippen LogP contribution in [0.4, 0.5) is 0 Å². The zero-order chi connectivity index (χ0) is 30.0. The van der Waals surface area contributed by atoms with Crippen molar-refractivity contribution in [2.24, 2.45) is 0 Å². The Morgan fingerprint density at radius 2 is 1.51 bits per heavy atom. The molecule has 4 heterocycles. The van der Waals surface area contributed by atoms with E-state index in [1.807, 2.05) is 13.8 Å². The molecule has 0 aliphatic carbocycles. The molecule has 0 N–H and O–H groups in total. The lowest BCUT2D eigenvalue weighted by Crippen LogP contribution is -2.63. The van der Waals surface area contributed by atoms with E-state index in [1.165, 1.54) is 65.8 Å². The third-order valence-electron chi connectivity index (χ3n) is 9.90. The van der Waals surface area contributed by atoms with Crippen LogP contribution in [0.5, 0.6) is 0 Å². The van der Waals surface area contributed by atoms with Crippen molar-refractivity contribution in [1.29, 1.82) is 0 Å². The van der Waals surface area contributed by atoms with Crippen LogP contribution in [0.25, 0.3) is 49.4 Å². The van der Waals surface area contributed by atoms with Crippen molar-refractivity contribution in [3.05, 3.63) is 101 Å². The zero-order valence-electron chi connectivity index (χ0n) is 26.4. The van der Waals surface area contributed by atoms with Crippen LogP contribution < -0.4 is 16.4 Å². The van der Waals surface area contributed by atoms with Gasteiger partial charge in [0.25, 0.3) is 6.71 Å². The van der Waals surface area contributed by atoms with Crippen molar-refractivity contribution < 1.29 is 4.42 Å². The molecule has 9 rings (SSSR count). The number of imidazole rings is 1. The molecule has 43 heavy (non-hydrogen) atoms. The Kier molecular flexibility index (Phi) is 5.28. The Hall–Kier alpha value is -4.31. The van der Waals surface area contributed by atoms with Gasteiger partial charge in [0.05, 0.1) is 11.0 Å². The normalized spacial score (nSPS) is 14.7. The van der Waals surface area contributed by atoms with Crippen molar-refractivity contribution in [3.8, 4) is 5.69 Å². The molecule has 0 atom stereocenters. The molecule has 0 radical (unpaired) electrons. The molecule has 212 valence electrons. The first-order valence-electron chi connectivity index (χ1n) is 15.7. The smallest absolute Gasteiger partial charge is 0.252 e. The second kappa shape index (κ2) is 8.63. The fraction of sp³-hybridized carbons (Fsp3) is 0.256. The molecular weight excluding hydrogens is 523 g/mol. The van der Waals surface area contributed by atoms with E-state index in [0.717, 1.165) is 22.5 Å². The number of benzene rings is 5. The van der Waals surface area contributed by atoms with E-state index in [0.29, 0.717) is 0 Å². The molecule has 0 bridgehead atoms. The Balaban J connectivity index is 0.00000136. The summed E-state index contributed by atoms with van der Waals surface area (Å²) in [5.74, 6) is 1.04. The Labute approximate surface area is 253 Å². The number of aryl methyl sites for hydroxylation is 1. The molecule has 3 nitrogen and oxygen atoms in total. The third-order valence-corrected chi connectivity index (χ3v) is 9.90. The van der Waals surface area contributed by atoms with Crippen molar-refractivity contribution in [1.82, 2.24) is 9.55 Å². The molecule has 0 saturated heterocycles. The number of furan rings is 1. The van der Waals surface area contributed by atoms with Crippen LogP contribution in [0.15, 0.2) is 83.3 Å². The van der Waals surface area contributed by atoms with Crippen LogP contribution in [-0.2, 0) is 10.8 Å². The first-order valence-corrected chi connectivity index (χ1v) is 15.7. The van der Waals surface area contributed by atoms with Gasteiger partial charge in [0.15, 0.2) is 0 Å². The molecule has 2 aliphatic rings. The molecule has 7 aromatic rings. The Morgan fingerprint density at radius 1 is 0.814 bits per heavy atom. The monoisotopic (exact) mass is 560 g/mol. The number of nitrogens with zero attached hydrogens (tertiary/aromatic N) is 2. The summed E-state index contributed by atoms with van der Waals surface area (Å²) in [6.07, 6.45) is 0. The van der Waals surface area contributed by atoms with E-state index in [2.05, 4.69) is 125 Å². The third kappa shape index (κ3) is 3.24. The fourth-order valence-electron chi connectivity index (χ4n) is 8.12. The molecule has 2 aromatic heterocycles. The SMILES string of the molecule is CC.Cc1nc2cc(C(C)(C)C)cc3c2n1-c1cccc2c1B3c1c(c3ccccc3c3c1oc1ccccc13)C2(C)C. The van der Waals surface area contributed by atoms with Gasteiger partial charge in [-0.3, -0.25) is 4.57 Å². The van der Waals surface area contributed by atoms with Crippen molar-refractivity contribution in [2.45, 2.75) is 66.2 Å². The van der Waals surface area contributed by atoms with Gasteiger partial charge in [-0.05, 0) is 74.4 Å². The lowest BCUT2D eigenvalue weighted by molar-refractivity contribution is 0.591. The minimum atomic E-state index is -0.226. The summed E-state index contributed by atoms with van der Waals surface area (Å²) < 4.78 is 9.33. The van der Waals surface area contributed by atoms with Gasteiger partial charge in [-0.2, -0.15) is 0 Å². The van der Waals surface area contributed by atoms with Crippen molar-refractivity contribution in [3.63, 3.8) is 0 Å². The predicted octanol–water partition coefficient (Wildman–Crippen LogP) is 8.18. The van der Waals surface area contributed by atoms with Gasteiger partial charge in [-0.15, -0.1) is 0 Å². The second-order valence-corrected chi connectivity index (χ2v) is 13.6. The van der Waals surface area contributed by atoms with E-state index < -0.39 is 0 Å². The standard InChI is InChI=1S/C37H31BN2O.C2H6/c1-20-39-27-19-21(36(2,3)4)18-26-34(27)40(20)28-16-11-15-25-32(28)38(26)33-31(37(25,5)6)23-13-8-7-12-22(23)30-24-14-9-10-17-29(24)41-35(30)33;1-2/h7-19H,1-6H3;1-2H3. The minimum absolute atomic E-state index is 0.00297. The summed E-state index contributed by atoms with van der Waals surface area (Å²) in [6, 6.07) is 29.1. The average Bonchev–Trinajstić information content (AvgIpc) is 3.55. The van der Waals surface area contributed by atoms with Gasteiger partial charge < -0.3 is 4.42 Å². The van der Waals surface area contributed by atoms with Gasteiger partial charge in [0.1, 0.15) is 17.0 Å². The number of rotatable bonds is 0. The van der Waals surface area contributed by atoms with E-state index in [-0.39, 0.29) is 17.5 Å². The van der Waals surface area contributed by atoms with Gasteiger partial charge in [0.2, 0.25) is 0 Å². The molecule has 0 fully saturated rings. The van der Waals surface area contributed by atoms with Crippen LogP contribution in [0.1, 0.15) is 71.0 Å². The van der Waals surface area contributed by atoms with Gasteiger partial charge in [0, 0.05) is 21.9 Å². The summed E-state index contributed by atoms with van der Waals surface area (Å²) in [5.41, 5.74) is 13.4. The number of aromatic nitrogens is 2. The van der Waals surface area contributed by atoms with Crippen LogP contribution in [0.2, 0.25) is 0 Å². The van der Waals surface area contributed by atoms with Gasteiger partial charge >= 0.3 is 0 Å². The molecule has 4 heteroatoms. The minimum Gasteiger partial charge on any atom is -0.457 e. The number of hydrogen-bond donors (Lipinski definition) is 0. The summed E-state index contributed by atoms with van der Waals surface area (Å²) >= 11 is 0. The fourth-order valence-corrected chi connectivity index (χ4v) is 8.12. The molecule has 5 aromatic carbocycles. The maximum absolute atomic E-state index is 6.93. The quantitative estimate of drug-likeness (QED) is 0.175. The summed E-state index contributed by atoms with van der Waals surface area (Å²) in [7, 11) is 0. The number of para-hydroxylation sites is 1. The molecule has 0 spiro atoms. The van der Waals surface area contributed by atoms with E-state index in [4.69, 9.17) is 9.40 Å². The lowest BCUT2D eigenvalue weighted by atomic mass is 9.30. The summed E-state index contributed by atoms with van der Waals surface area (Å²) in [4.78, 5) is 5.16. The van der Waals surface area contributed by atoms with Gasteiger partial charge in [-0.25, -0.2) is 4.98 Å². The maximum Gasteiger partial charge on any atom is 0.252 e. The first kappa shape index (κ1) is 26.3. The van der Waals surface area contributed by atoms with Crippen LogP contribution >= 0.6 is 0 Å². The maximum atomic E-state index is 6.93. The van der Waals surface area contributed by atoms with Crippen LogP contribution in [-0.4, -0.2) is 16.3 Å². The topological polar surface area (TPSA) is 31.0 Å². The first-order chi connectivity index (χ1) is 20.7. The zero-order valence-corrected chi connectivity index (χ0v) is 26.4. The molecule has 0 unspecified atom stereocenters. The van der Waals surface area contributed by atoms with Crippen molar-refractivity contribution in [2.75, 3.05) is 0 Å². The Morgan fingerprint density at radius 3 is 2.26 bits per heavy atom. The Bertz CT molecular complexity index is 2290. The van der Waals surface area contributed by atoms with E-state index >= 15 is 0 Å². The molecule has 2 aliphatic heterocycles. The lowest BCUT2D eigenvalue weighted by Gasteiger charge is -2.42.